The standard InChI is InChI=1S/C13H14ClNO5S/c1-7(15-21(18)19)6-10-11(16)12(17)13(20-10)8-2-4-9(14)5-3-8/h2-5,7,15-17H,6H2,1H3,(H,18,19)/p-1. The molecule has 1 aromatic carbocycles. The van der Waals surface area contributed by atoms with Crippen LogP contribution < -0.4 is 4.72 Å². The predicted molar refractivity (Wildman–Crippen MR) is 77.7 cm³/mol. The van der Waals surface area contributed by atoms with Crippen LogP contribution in [0.3, 0.4) is 0 Å². The molecule has 3 N–H and O–H groups in total. The van der Waals surface area contributed by atoms with Crippen molar-refractivity contribution in [3.63, 3.8) is 0 Å². The van der Waals surface area contributed by atoms with Crippen molar-refractivity contribution in [3.05, 3.63) is 35.0 Å². The van der Waals surface area contributed by atoms with E-state index in [2.05, 4.69) is 4.72 Å². The molecule has 8 heteroatoms. The van der Waals surface area contributed by atoms with Gasteiger partial charge in [-0.2, -0.15) is 0 Å². The topological polar surface area (TPSA) is 106 Å². The second-order valence-electron chi connectivity index (χ2n) is 4.52. The molecule has 0 spiro atoms. The van der Waals surface area contributed by atoms with Gasteiger partial charge in [0, 0.05) is 34.3 Å². The summed E-state index contributed by atoms with van der Waals surface area (Å²) in [5.41, 5.74) is 0.548. The number of nitrogens with one attached hydrogen (secondary N) is 1. The van der Waals surface area contributed by atoms with Crippen molar-refractivity contribution in [2.75, 3.05) is 0 Å². The van der Waals surface area contributed by atoms with Gasteiger partial charge in [-0.1, -0.05) is 11.6 Å². The van der Waals surface area contributed by atoms with E-state index >= 15 is 0 Å². The molecule has 114 valence electrons. The fourth-order valence-electron chi connectivity index (χ4n) is 1.88. The van der Waals surface area contributed by atoms with E-state index in [4.69, 9.17) is 16.0 Å². The first kappa shape index (κ1) is 15.8. The summed E-state index contributed by atoms with van der Waals surface area (Å²) in [5, 5.41) is 20.3. The van der Waals surface area contributed by atoms with Crippen LogP contribution in [-0.4, -0.2) is 25.0 Å². The molecule has 2 unspecified atom stereocenters. The molecule has 0 bridgehead atoms. The monoisotopic (exact) mass is 330 g/mol. The van der Waals surface area contributed by atoms with Crippen LogP contribution in [0, 0.1) is 0 Å². The molecule has 1 aromatic heterocycles. The van der Waals surface area contributed by atoms with Crippen LogP contribution in [0.1, 0.15) is 12.7 Å². The van der Waals surface area contributed by atoms with Crippen LogP contribution in [0.5, 0.6) is 11.5 Å². The average molecular weight is 331 g/mol. The third-order valence-electron chi connectivity index (χ3n) is 2.82. The SMILES string of the molecule is CC(Cc1oc(-c2ccc(Cl)cc2)c(O)c1O)NS(=O)[O-]. The number of furan rings is 1. The van der Waals surface area contributed by atoms with Gasteiger partial charge in [-0.3, -0.25) is 4.21 Å². The molecule has 2 atom stereocenters. The highest BCUT2D eigenvalue weighted by Crippen LogP contribution is 2.42. The number of benzene rings is 1. The first-order valence-corrected chi connectivity index (χ1v) is 7.48. The van der Waals surface area contributed by atoms with Gasteiger partial charge in [0.2, 0.25) is 11.5 Å². The van der Waals surface area contributed by atoms with Gasteiger partial charge >= 0.3 is 0 Å². The Hall–Kier alpha value is -1.54. The molecule has 0 amide bonds. The first-order chi connectivity index (χ1) is 9.88. The van der Waals surface area contributed by atoms with E-state index in [1.165, 1.54) is 0 Å². The highest BCUT2D eigenvalue weighted by Gasteiger charge is 2.21. The molecule has 2 rings (SSSR count). The molecule has 21 heavy (non-hydrogen) atoms. The molecule has 0 radical (unpaired) electrons. The molecule has 2 aromatic rings. The Labute approximate surface area is 128 Å². The van der Waals surface area contributed by atoms with Gasteiger partial charge in [-0.05, 0) is 31.2 Å². The van der Waals surface area contributed by atoms with E-state index in [9.17, 15) is 19.0 Å². The Kier molecular flexibility index (Phi) is 4.89. The van der Waals surface area contributed by atoms with Gasteiger partial charge in [0.15, 0.2) is 11.5 Å². The highest BCUT2D eigenvalue weighted by molar-refractivity contribution is 7.77. The van der Waals surface area contributed by atoms with Crippen molar-refractivity contribution in [1.29, 1.82) is 0 Å². The van der Waals surface area contributed by atoms with Crippen molar-refractivity contribution in [2.45, 2.75) is 19.4 Å². The summed E-state index contributed by atoms with van der Waals surface area (Å²) in [6.45, 7) is 1.61. The van der Waals surface area contributed by atoms with Crippen molar-refractivity contribution >= 4 is 22.9 Å². The average Bonchev–Trinajstić information content (AvgIpc) is 2.67. The quantitative estimate of drug-likeness (QED) is 0.729. The van der Waals surface area contributed by atoms with Gasteiger partial charge in [-0.15, -0.1) is 0 Å². The van der Waals surface area contributed by atoms with Crippen LogP contribution in [-0.2, 0) is 17.7 Å². The summed E-state index contributed by atoms with van der Waals surface area (Å²) >= 11 is 3.37. The van der Waals surface area contributed by atoms with Crippen LogP contribution in [0.25, 0.3) is 11.3 Å². The molecule has 0 aliphatic heterocycles. The summed E-state index contributed by atoms with van der Waals surface area (Å²) in [6, 6.07) is 6.04. The first-order valence-electron chi connectivity index (χ1n) is 6.03. The van der Waals surface area contributed by atoms with Crippen molar-refractivity contribution in [3.8, 4) is 22.8 Å². The maximum absolute atomic E-state index is 10.5. The zero-order valence-electron chi connectivity index (χ0n) is 11.0. The van der Waals surface area contributed by atoms with Crippen LogP contribution in [0.2, 0.25) is 5.02 Å². The molecule has 0 fully saturated rings. The smallest absolute Gasteiger partial charge is 0.205 e. The van der Waals surface area contributed by atoms with Crippen molar-refractivity contribution in [1.82, 2.24) is 4.72 Å². The maximum Gasteiger partial charge on any atom is 0.205 e. The van der Waals surface area contributed by atoms with Gasteiger partial charge in [0.25, 0.3) is 0 Å². The fourth-order valence-corrected chi connectivity index (χ4v) is 2.42. The third kappa shape index (κ3) is 3.76. The lowest BCUT2D eigenvalue weighted by molar-refractivity contribution is 0.398. The summed E-state index contributed by atoms with van der Waals surface area (Å²) in [6.07, 6.45) is 0.0982. The largest absolute Gasteiger partial charge is 0.760 e. The lowest BCUT2D eigenvalue weighted by Crippen LogP contribution is -2.29. The molecule has 1 heterocycles. The molecule has 0 saturated carbocycles. The van der Waals surface area contributed by atoms with Gasteiger partial charge < -0.3 is 19.2 Å². The van der Waals surface area contributed by atoms with E-state index in [1.54, 1.807) is 31.2 Å². The number of halogens is 1. The zero-order chi connectivity index (χ0) is 15.6. The Morgan fingerprint density at radius 2 is 1.95 bits per heavy atom. The van der Waals surface area contributed by atoms with E-state index in [1.807, 2.05) is 0 Å². The molecule has 0 saturated heterocycles. The fraction of sp³-hybridized carbons (Fsp3) is 0.231. The number of hydrogen-bond donors (Lipinski definition) is 3. The Morgan fingerprint density at radius 1 is 1.33 bits per heavy atom. The summed E-state index contributed by atoms with van der Waals surface area (Å²) in [4.78, 5) is 0. The Bertz CT molecular complexity index is 655. The second-order valence-corrected chi connectivity index (χ2v) is 5.66. The molecule has 6 nitrogen and oxygen atoms in total. The van der Waals surface area contributed by atoms with Crippen molar-refractivity contribution < 1.29 is 23.4 Å². The van der Waals surface area contributed by atoms with E-state index in [0.717, 1.165) is 0 Å². The normalized spacial score (nSPS) is 14.0. The minimum Gasteiger partial charge on any atom is -0.760 e. The number of aromatic hydroxyl groups is 2. The van der Waals surface area contributed by atoms with E-state index < -0.39 is 23.1 Å². The Balaban J connectivity index is 2.28. The Morgan fingerprint density at radius 3 is 2.52 bits per heavy atom. The number of rotatable bonds is 5. The van der Waals surface area contributed by atoms with Gasteiger partial charge in [-0.25, -0.2) is 4.72 Å². The minimum atomic E-state index is -2.41. The predicted octanol–water partition coefficient (Wildman–Crippen LogP) is 2.33. The summed E-state index contributed by atoms with van der Waals surface area (Å²) in [5.74, 6) is -0.578. The maximum atomic E-state index is 10.5. The lowest BCUT2D eigenvalue weighted by Gasteiger charge is -2.13. The van der Waals surface area contributed by atoms with Gasteiger partial charge in [0.05, 0.1) is 0 Å². The van der Waals surface area contributed by atoms with Crippen LogP contribution in [0.15, 0.2) is 28.7 Å². The molecule has 0 aliphatic carbocycles. The minimum absolute atomic E-state index is 0.0982. The van der Waals surface area contributed by atoms with Crippen LogP contribution in [0.4, 0.5) is 0 Å². The third-order valence-corrected chi connectivity index (χ3v) is 3.67. The van der Waals surface area contributed by atoms with E-state index in [-0.39, 0.29) is 23.7 Å². The van der Waals surface area contributed by atoms with E-state index in [0.29, 0.717) is 10.6 Å². The lowest BCUT2D eigenvalue weighted by atomic mass is 10.1. The van der Waals surface area contributed by atoms with Crippen LogP contribution >= 0.6 is 11.6 Å². The zero-order valence-corrected chi connectivity index (χ0v) is 12.6. The van der Waals surface area contributed by atoms with Gasteiger partial charge in [0.1, 0.15) is 0 Å². The molecule has 0 aliphatic rings. The molecular formula is C13H13ClNO5S-. The highest BCUT2D eigenvalue weighted by atomic mass is 35.5. The van der Waals surface area contributed by atoms with Crippen molar-refractivity contribution in [2.24, 2.45) is 0 Å². The number of hydrogen-bond acceptors (Lipinski definition) is 5. The second kappa shape index (κ2) is 6.48. The summed E-state index contributed by atoms with van der Waals surface area (Å²) < 4.78 is 28.8. The molecular weight excluding hydrogens is 318 g/mol. The summed E-state index contributed by atoms with van der Waals surface area (Å²) in [7, 11) is 0.